The molecule has 2 fully saturated rings. The van der Waals surface area contributed by atoms with Gasteiger partial charge >= 0.3 is 5.69 Å². The highest BCUT2D eigenvalue weighted by atomic mass is 35.5. The monoisotopic (exact) mass is 516 g/mol. The molecule has 35 heavy (non-hydrogen) atoms. The zero-order valence-corrected chi connectivity index (χ0v) is 20.5. The third-order valence-corrected chi connectivity index (χ3v) is 8.19. The number of nitrogens with one attached hydrogen (secondary N) is 1. The highest BCUT2D eigenvalue weighted by Gasteiger charge is 2.44. The summed E-state index contributed by atoms with van der Waals surface area (Å²) in [4.78, 5) is 40.1. The first-order chi connectivity index (χ1) is 16.8. The SMILES string of the molecule is COc1cc(-c2cc3c(s2)c(=O)n(C2CCCNC(=O)C2)c(=O)n3CC2(C#N)CC2)c(Cl)cc1F. The maximum absolute atomic E-state index is 14.1. The highest BCUT2D eigenvalue weighted by molar-refractivity contribution is 7.22. The lowest BCUT2D eigenvalue weighted by molar-refractivity contribution is -0.121. The van der Waals surface area contributed by atoms with Gasteiger partial charge in [-0.1, -0.05) is 11.6 Å². The smallest absolute Gasteiger partial charge is 0.331 e. The molecule has 1 amide bonds. The second kappa shape index (κ2) is 8.81. The summed E-state index contributed by atoms with van der Waals surface area (Å²) in [5, 5.41) is 12.6. The number of rotatable bonds is 5. The first-order valence-electron chi connectivity index (χ1n) is 11.3. The van der Waals surface area contributed by atoms with Gasteiger partial charge in [0.2, 0.25) is 5.91 Å². The maximum Gasteiger partial charge on any atom is 0.331 e. The van der Waals surface area contributed by atoms with Crippen LogP contribution >= 0.6 is 22.9 Å². The zero-order valence-electron chi connectivity index (χ0n) is 18.9. The number of benzene rings is 1. The predicted molar refractivity (Wildman–Crippen MR) is 130 cm³/mol. The molecule has 8 nitrogen and oxygen atoms in total. The van der Waals surface area contributed by atoms with Gasteiger partial charge in [-0.25, -0.2) is 9.18 Å². The van der Waals surface area contributed by atoms with E-state index in [9.17, 15) is 24.0 Å². The molecule has 1 aliphatic carbocycles. The molecule has 3 heterocycles. The van der Waals surface area contributed by atoms with Crippen LogP contribution in [-0.2, 0) is 11.3 Å². The van der Waals surface area contributed by atoms with Crippen molar-refractivity contribution >= 4 is 39.1 Å². The van der Waals surface area contributed by atoms with Gasteiger partial charge in [0.15, 0.2) is 11.6 Å². The fourth-order valence-electron chi connectivity index (χ4n) is 4.58. The lowest BCUT2D eigenvalue weighted by Gasteiger charge is -2.19. The van der Waals surface area contributed by atoms with Gasteiger partial charge in [-0.2, -0.15) is 5.26 Å². The van der Waals surface area contributed by atoms with Gasteiger partial charge in [-0.3, -0.25) is 18.7 Å². The molecule has 11 heteroatoms. The number of methoxy groups -OCH3 is 1. The summed E-state index contributed by atoms with van der Waals surface area (Å²) in [5.41, 5.74) is -0.805. The number of hydrogen-bond donors (Lipinski definition) is 1. The van der Waals surface area contributed by atoms with Crippen molar-refractivity contribution in [1.29, 1.82) is 5.26 Å². The van der Waals surface area contributed by atoms with E-state index in [4.69, 9.17) is 16.3 Å². The molecule has 0 spiro atoms. The third-order valence-electron chi connectivity index (χ3n) is 6.73. The van der Waals surface area contributed by atoms with Crippen LogP contribution in [0.3, 0.4) is 0 Å². The Morgan fingerprint density at radius 3 is 2.77 bits per heavy atom. The van der Waals surface area contributed by atoms with Crippen molar-refractivity contribution in [2.75, 3.05) is 13.7 Å². The number of carbonyl (C=O) groups excluding carboxylic acids is 1. The largest absolute Gasteiger partial charge is 0.494 e. The number of halogens is 2. The Balaban J connectivity index is 1.75. The number of nitrogens with zero attached hydrogens (tertiary/aromatic N) is 3. The minimum absolute atomic E-state index is 0.00235. The van der Waals surface area contributed by atoms with Crippen LogP contribution in [0.4, 0.5) is 4.39 Å². The molecule has 182 valence electrons. The number of fused-ring (bicyclic) bond motifs is 1. The van der Waals surface area contributed by atoms with Crippen LogP contribution in [0.2, 0.25) is 5.02 Å². The second-order valence-electron chi connectivity index (χ2n) is 9.08. The number of aromatic nitrogens is 2. The van der Waals surface area contributed by atoms with Crippen molar-refractivity contribution in [3.05, 3.63) is 49.9 Å². The predicted octanol–water partition coefficient (Wildman–Crippen LogP) is 3.84. The van der Waals surface area contributed by atoms with Crippen LogP contribution < -0.4 is 21.3 Å². The molecule has 1 unspecified atom stereocenters. The Kier molecular flexibility index (Phi) is 5.93. The molecule has 3 aromatic rings. The minimum Gasteiger partial charge on any atom is -0.494 e. The lowest BCUT2D eigenvalue weighted by atomic mass is 10.1. The van der Waals surface area contributed by atoms with Crippen LogP contribution in [0.5, 0.6) is 5.75 Å². The Labute approximate surface area is 208 Å². The summed E-state index contributed by atoms with van der Waals surface area (Å²) in [7, 11) is 1.34. The van der Waals surface area contributed by atoms with E-state index >= 15 is 0 Å². The number of ether oxygens (including phenoxy) is 1. The Bertz CT molecular complexity index is 1510. The van der Waals surface area contributed by atoms with E-state index in [0.29, 0.717) is 52.9 Å². The van der Waals surface area contributed by atoms with Crippen LogP contribution in [-0.4, -0.2) is 28.7 Å². The molecule has 1 atom stereocenters. The molecule has 0 radical (unpaired) electrons. The number of hydrogen-bond acceptors (Lipinski definition) is 6. The number of amides is 1. The van der Waals surface area contributed by atoms with Gasteiger partial charge in [0, 0.05) is 30.0 Å². The van der Waals surface area contributed by atoms with Gasteiger partial charge in [0.05, 0.1) is 35.2 Å². The molecule has 5 rings (SSSR count). The molecule has 1 saturated heterocycles. The van der Waals surface area contributed by atoms with E-state index in [1.54, 1.807) is 6.07 Å². The van der Waals surface area contributed by atoms with E-state index < -0.39 is 28.5 Å². The highest BCUT2D eigenvalue weighted by Crippen LogP contribution is 2.47. The molecular formula is C24H22ClFN4O4S. The molecule has 1 N–H and O–H groups in total. The van der Waals surface area contributed by atoms with Gasteiger partial charge in [-0.15, -0.1) is 11.3 Å². The first kappa shape index (κ1) is 23.6. The number of nitriles is 1. The topological polar surface area (TPSA) is 106 Å². The van der Waals surface area contributed by atoms with E-state index in [2.05, 4.69) is 11.4 Å². The molecule has 1 aliphatic heterocycles. The fraction of sp³-hybridized carbons (Fsp3) is 0.417. The fourth-order valence-corrected chi connectivity index (χ4v) is 6.02. The van der Waals surface area contributed by atoms with Gasteiger partial charge in [0.25, 0.3) is 5.56 Å². The molecule has 1 aromatic carbocycles. The summed E-state index contributed by atoms with van der Waals surface area (Å²) in [6.07, 6.45) is 2.51. The van der Waals surface area contributed by atoms with E-state index in [-0.39, 0.29) is 29.6 Å². The standard InChI is InChI=1S/C24H22ClFN4O4S/c1-34-18-8-14(15(25)9-16(18)26)19-10-17-21(35-19)22(32)30(13-3-2-6-28-20(31)7-13)23(33)29(17)12-24(11-27)4-5-24/h8-10,13H,2-7,12H2,1H3,(H,28,31). The van der Waals surface area contributed by atoms with E-state index in [0.717, 1.165) is 17.4 Å². The summed E-state index contributed by atoms with van der Waals surface area (Å²) < 4.78 is 22.2. The third kappa shape index (κ3) is 4.13. The molecule has 1 saturated carbocycles. The van der Waals surface area contributed by atoms with Crippen LogP contribution in [0, 0.1) is 22.6 Å². The summed E-state index contributed by atoms with van der Waals surface area (Å²) in [6, 6.07) is 6.00. The van der Waals surface area contributed by atoms with Crippen molar-refractivity contribution in [3.63, 3.8) is 0 Å². The van der Waals surface area contributed by atoms with E-state index in [1.807, 2.05) is 0 Å². The van der Waals surface area contributed by atoms with Crippen molar-refractivity contribution in [3.8, 4) is 22.3 Å². The van der Waals surface area contributed by atoms with E-state index in [1.165, 1.54) is 22.3 Å². The van der Waals surface area contributed by atoms with Gasteiger partial charge < -0.3 is 10.1 Å². The quantitative estimate of drug-likeness (QED) is 0.554. The number of thiophene rings is 1. The Hall–Kier alpha value is -3.16. The Morgan fingerprint density at radius 1 is 1.31 bits per heavy atom. The van der Waals surface area contributed by atoms with Crippen LogP contribution in [0.25, 0.3) is 20.7 Å². The molecule has 2 aliphatic rings. The lowest BCUT2D eigenvalue weighted by Crippen LogP contribution is -2.43. The summed E-state index contributed by atoms with van der Waals surface area (Å²) in [5.74, 6) is -0.821. The average molecular weight is 517 g/mol. The van der Waals surface area contributed by atoms with Crippen LogP contribution in [0.1, 0.15) is 38.1 Å². The first-order valence-corrected chi connectivity index (χ1v) is 12.5. The van der Waals surface area contributed by atoms with Gasteiger partial charge in [-0.05, 0) is 43.9 Å². The normalized spacial score (nSPS) is 19.1. The van der Waals surface area contributed by atoms with Crippen molar-refractivity contribution < 1.29 is 13.9 Å². The Morgan fingerprint density at radius 2 is 2.09 bits per heavy atom. The molecular weight excluding hydrogens is 495 g/mol. The van der Waals surface area contributed by atoms with Gasteiger partial charge in [0.1, 0.15) is 4.70 Å². The summed E-state index contributed by atoms with van der Waals surface area (Å²) >= 11 is 7.47. The molecule has 2 aromatic heterocycles. The van der Waals surface area contributed by atoms with Crippen molar-refractivity contribution in [2.24, 2.45) is 5.41 Å². The summed E-state index contributed by atoms with van der Waals surface area (Å²) in [6.45, 7) is 0.640. The minimum atomic E-state index is -0.654. The second-order valence-corrected chi connectivity index (χ2v) is 10.5. The molecule has 0 bridgehead atoms. The van der Waals surface area contributed by atoms with Crippen molar-refractivity contribution in [2.45, 2.75) is 44.7 Å². The number of carbonyl (C=O) groups is 1. The zero-order chi connectivity index (χ0) is 24.9. The maximum atomic E-state index is 14.1. The average Bonchev–Trinajstić information content (AvgIpc) is 3.52. The van der Waals surface area contributed by atoms with Crippen LogP contribution in [0.15, 0.2) is 27.8 Å². The van der Waals surface area contributed by atoms with Crippen molar-refractivity contribution in [1.82, 2.24) is 14.5 Å².